The molecule has 1 aromatic carbocycles. The number of halogens is 1. The molecule has 4 heteroatoms. The Labute approximate surface area is 94.5 Å². The zero-order valence-corrected chi connectivity index (χ0v) is 9.48. The van der Waals surface area contributed by atoms with Crippen LogP contribution < -0.4 is 4.90 Å². The molecule has 0 aliphatic rings. The Hall–Kier alpha value is -1.42. The zero-order chi connectivity index (χ0) is 12.1. The van der Waals surface area contributed by atoms with Gasteiger partial charge < -0.3 is 10.0 Å². The highest BCUT2D eigenvalue weighted by molar-refractivity contribution is 5.75. The lowest BCUT2D eigenvalue weighted by Crippen LogP contribution is -2.22. The van der Waals surface area contributed by atoms with E-state index in [1.165, 1.54) is 6.07 Å². The van der Waals surface area contributed by atoms with E-state index in [4.69, 9.17) is 5.11 Å². The molecule has 1 aromatic rings. The Kier molecular flexibility index (Phi) is 4.43. The average Bonchev–Trinajstić information content (AvgIpc) is 2.25. The highest BCUT2D eigenvalue weighted by Gasteiger charge is 2.08. The van der Waals surface area contributed by atoms with Crippen molar-refractivity contribution in [1.29, 1.82) is 0 Å². The second kappa shape index (κ2) is 5.61. The van der Waals surface area contributed by atoms with Gasteiger partial charge in [0.15, 0.2) is 0 Å². The SMILES string of the molecule is CC(O)CCN(C)c1ccc(C=O)cc1F. The summed E-state index contributed by atoms with van der Waals surface area (Å²) in [6, 6.07) is 4.35. The number of hydrogen-bond acceptors (Lipinski definition) is 3. The van der Waals surface area contributed by atoms with Gasteiger partial charge in [-0.25, -0.2) is 4.39 Å². The van der Waals surface area contributed by atoms with E-state index in [1.54, 1.807) is 31.0 Å². The van der Waals surface area contributed by atoms with Gasteiger partial charge in [-0.15, -0.1) is 0 Å². The van der Waals surface area contributed by atoms with Crippen molar-refractivity contribution in [2.24, 2.45) is 0 Å². The van der Waals surface area contributed by atoms with Crippen molar-refractivity contribution >= 4 is 12.0 Å². The third-order valence-electron chi connectivity index (χ3n) is 2.40. The summed E-state index contributed by atoms with van der Waals surface area (Å²) in [6.07, 6.45) is 0.786. The van der Waals surface area contributed by atoms with Crippen LogP contribution in [0.3, 0.4) is 0 Å². The number of benzene rings is 1. The van der Waals surface area contributed by atoms with E-state index < -0.39 is 11.9 Å². The van der Waals surface area contributed by atoms with Gasteiger partial charge in [-0.3, -0.25) is 4.79 Å². The first kappa shape index (κ1) is 12.6. The molecule has 0 amide bonds. The summed E-state index contributed by atoms with van der Waals surface area (Å²) in [4.78, 5) is 12.2. The Balaban J connectivity index is 2.75. The molecule has 0 saturated carbocycles. The molecule has 0 bridgehead atoms. The van der Waals surface area contributed by atoms with Gasteiger partial charge in [-0.1, -0.05) is 0 Å². The monoisotopic (exact) mass is 225 g/mol. The Morgan fingerprint density at radius 3 is 2.75 bits per heavy atom. The predicted octanol–water partition coefficient (Wildman–Crippen LogP) is 1.85. The number of aldehydes is 1. The Morgan fingerprint density at radius 1 is 1.56 bits per heavy atom. The molecule has 3 nitrogen and oxygen atoms in total. The maximum atomic E-state index is 13.5. The molecule has 0 spiro atoms. The third-order valence-corrected chi connectivity index (χ3v) is 2.40. The van der Waals surface area contributed by atoms with Gasteiger partial charge in [0, 0.05) is 19.2 Å². The molecule has 1 rings (SSSR count). The first-order chi connectivity index (χ1) is 7.54. The van der Waals surface area contributed by atoms with Gasteiger partial charge in [0.2, 0.25) is 0 Å². The smallest absolute Gasteiger partial charge is 0.150 e. The predicted molar refractivity (Wildman–Crippen MR) is 61.4 cm³/mol. The van der Waals surface area contributed by atoms with Gasteiger partial charge in [-0.05, 0) is 31.5 Å². The minimum absolute atomic E-state index is 0.324. The number of aliphatic hydroxyl groups excluding tert-OH is 1. The van der Waals surface area contributed by atoms with Crippen molar-refractivity contribution in [1.82, 2.24) is 0 Å². The summed E-state index contributed by atoms with van der Waals surface area (Å²) >= 11 is 0. The van der Waals surface area contributed by atoms with E-state index in [1.807, 2.05) is 0 Å². The molecule has 0 saturated heterocycles. The molecule has 0 aromatic heterocycles. The average molecular weight is 225 g/mol. The summed E-state index contributed by atoms with van der Waals surface area (Å²) < 4.78 is 13.5. The number of carbonyl (C=O) groups excluding carboxylic acids is 1. The van der Waals surface area contributed by atoms with Gasteiger partial charge >= 0.3 is 0 Å². The van der Waals surface area contributed by atoms with Crippen LogP contribution in [0.4, 0.5) is 10.1 Å². The van der Waals surface area contributed by atoms with Gasteiger partial charge in [0.05, 0.1) is 11.8 Å². The minimum Gasteiger partial charge on any atom is -0.393 e. The number of nitrogens with zero attached hydrogens (tertiary/aromatic N) is 1. The number of aliphatic hydroxyl groups is 1. The van der Waals surface area contributed by atoms with Crippen LogP contribution in [0.5, 0.6) is 0 Å². The highest BCUT2D eigenvalue weighted by atomic mass is 19.1. The van der Waals surface area contributed by atoms with Crippen molar-refractivity contribution in [2.75, 3.05) is 18.5 Å². The van der Waals surface area contributed by atoms with Crippen molar-refractivity contribution in [3.05, 3.63) is 29.6 Å². The summed E-state index contributed by atoms with van der Waals surface area (Å²) in [5.74, 6) is -0.419. The van der Waals surface area contributed by atoms with E-state index >= 15 is 0 Å². The van der Waals surface area contributed by atoms with Crippen LogP contribution in [-0.4, -0.2) is 31.1 Å². The molecule has 1 atom stereocenters. The highest BCUT2D eigenvalue weighted by Crippen LogP contribution is 2.19. The lowest BCUT2D eigenvalue weighted by molar-refractivity contribution is 0.112. The van der Waals surface area contributed by atoms with Gasteiger partial charge in [0.1, 0.15) is 12.1 Å². The lowest BCUT2D eigenvalue weighted by atomic mass is 10.2. The number of carbonyl (C=O) groups is 1. The molecular formula is C12H16FNO2. The fraction of sp³-hybridized carbons (Fsp3) is 0.417. The van der Waals surface area contributed by atoms with Crippen LogP contribution in [0.1, 0.15) is 23.7 Å². The molecule has 0 aliphatic heterocycles. The molecule has 1 unspecified atom stereocenters. The summed E-state index contributed by atoms with van der Waals surface area (Å²) in [5, 5.41) is 9.13. The van der Waals surface area contributed by atoms with Crippen LogP contribution in [-0.2, 0) is 0 Å². The van der Waals surface area contributed by atoms with Crippen molar-refractivity contribution in [3.8, 4) is 0 Å². The van der Waals surface area contributed by atoms with E-state index in [0.717, 1.165) is 0 Å². The lowest BCUT2D eigenvalue weighted by Gasteiger charge is -2.20. The summed E-state index contributed by atoms with van der Waals surface area (Å²) in [5.41, 5.74) is 0.761. The number of rotatable bonds is 5. The van der Waals surface area contributed by atoms with Crippen molar-refractivity contribution in [2.45, 2.75) is 19.4 Å². The van der Waals surface area contributed by atoms with E-state index in [-0.39, 0.29) is 0 Å². The van der Waals surface area contributed by atoms with Crippen molar-refractivity contribution in [3.63, 3.8) is 0 Å². The quantitative estimate of drug-likeness (QED) is 0.777. The van der Waals surface area contributed by atoms with E-state index in [0.29, 0.717) is 30.5 Å². The van der Waals surface area contributed by atoms with Gasteiger partial charge in [0.25, 0.3) is 0 Å². The second-order valence-electron chi connectivity index (χ2n) is 3.89. The van der Waals surface area contributed by atoms with Crippen LogP contribution in [0.15, 0.2) is 18.2 Å². The zero-order valence-electron chi connectivity index (χ0n) is 9.48. The van der Waals surface area contributed by atoms with Crippen LogP contribution >= 0.6 is 0 Å². The minimum atomic E-state index is -0.419. The molecule has 0 aliphatic carbocycles. The summed E-state index contributed by atoms with van der Waals surface area (Å²) in [7, 11) is 1.75. The fourth-order valence-electron chi connectivity index (χ4n) is 1.41. The molecule has 0 heterocycles. The molecule has 0 fully saturated rings. The van der Waals surface area contributed by atoms with Crippen molar-refractivity contribution < 1.29 is 14.3 Å². The first-order valence-electron chi connectivity index (χ1n) is 5.18. The Morgan fingerprint density at radius 2 is 2.25 bits per heavy atom. The molecule has 0 radical (unpaired) electrons. The fourth-order valence-corrected chi connectivity index (χ4v) is 1.41. The largest absolute Gasteiger partial charge is 0.393 e. The molecule has 88 valence electrons. The van der Waals surface area contributed by atoms with Crippen LogP contribution in [0.25, 0.3) is 0 Å². The number of anilines is 1. The second-order valence-corrected chi connectivity index (χ2v) is 3.89. The maximum absolute atomic E-state index is 13.5. The van der Waals surface area contributed by atoms with Gasteiger partial charge in [-0.2, -0.15) is 0 Å². The summed E-state index contributed by atoms with van der Waals surface area (Å²) in [6.45, 7) is 2.26. The van der Waals surface area contributed by atoms with Crippen LogP contribution in [0.2, 0.25) is 0 Å². The topological polar surface area (TPSA) is 40.5 Å². The number of hydrogen-bond donors (Lipinski definition) is 1. The standard InChI is InChI=1S/C12H16FNO2/c1-9(16)5-6-14(2)12-4-3-10(8-15)7-11(12)13/h3-4,7-9,16H,5-6H2,1-2H3. The molecule has 1 N–H and O–H groups in total. The normalized spacial score (nSPS) is 12.2. The molecule has 16 heavy (non-hydrogen) atoms. The third kappa shape index (κ3) is 3.31. The molecular weight excluding hydrogens is 209 g/mol. The van der Waals surface area contributed by atoms with E-state index in [2.05, 4.69) is 0 Å². The maximum Gasteiger partial charge on any atom is 0.150 e. The van der Waals surface area contributed by atoms with E-state index in [9.17, 15) is 9.18 Å². The Bertz CT molecular complexity index is 366. The van der Waals surface area contributed by atoms with Crippen LogP contribution in [0, 0.1) is 5.82 Å². The first-order valence-corrected chi connectivity index (χ1v) is 5.18.